The van der Waals surface area contributed by atoms with Crippen molar-refractivity contribution in [3.05, 3.63) is 82.3 Å². The van der Waals surface area contributed by atoms with Crippen LogP contribution in [0.15, 0.2) is 54.3 Å². The summed E-state index contributed by atoms with van der Waals surface area (Å²) < 4.78 is 0. The first kappa shape index (κ1) is 16.2. The second-order valence-electron chi connectivity index (χ2n) is 7.61. The van der Waals surface area contributed by atoms with Crippen molar-refractivity contribution in [2.45, 2.75) is 39.0 Å². The van der Waals surface area contributed by atoms with Crippen LogP contribution in [0.3, 0.4) is 0 Å². The van der Waals surface area contributed by atoms with Crippen LogP contribution in [0.25, 0.3) is 16.3 Å². The van der Waals surface area contributed by atoms with Gasteiger partial charge < -0.3 is 5.73 Å². The molecule has 0 fully saturated rings. The standard InChI is InChI=1S/C24H23N3/c1-15-26-14-19(24(25)27-15)13-16-6-9-21-18(12-16)8-11-22-20-5-3-2-4-17(20)7-10-23(21)22/h3,5-6,8-9,11-12,14H,2,4,7,10,13H2,1H3,(H2,25,26,27). The molecule has 2 aromatic carbocycles. The summed E-state index contributed by atoms with van der Waals surface area (Å²) in [6, 6.07) is 11.4. The van der Waals surface area contributed by atoms with E-state index in [4.69, 9.17) is 5.73 Å². The van der Waals surface area contributed by atoms with E-state index in [1.165, 1.54) is 52.3 Å². The largest absolute Gasteiger partial charge is 0.383 e. The monoisotopic (exact) mass is 353 g/mol. The molecule has 0 amide bonds. The molecule has 0 bridgehead atoms. The van der Waals surface area contributed by atoms with E-state index in [1.54, 1.807) is 5.57 Å². The van der Waals surface area contributed by atoms with Crippen LogP contribution >= 0.6 is 0 Å². The van der Waals surface area contributed by atoms with Crippen LogP contribution in [0, 0.1) is 6.92 Å². The van der Waals surface area contributed by atoms with Crippen molar-refractivity contribution in [2.75, 3.05) is 5.73 Å². The lowest BCUT2D eigenvalue weighted by Crippen LogP contribution is -2.07. The maximum atomic E-state index is 6.07. The number of rotatable bonds is 2. The second-order valence-corrected chi connectivity index (χ2v) is 7.61. The molecule has 0 saturated carbocycles. The molecule has 0 saturated heterocycles. The average molecular weight is 353 g/mol. The summed E-state index contributed by atoms with van der Waals surface area (Å²) in [5.74, 6) is 1.29. The highest BCUT2D eigenvalue weighted by molar-refractivity contribution is 5.94. The van der Waals surface area contributed by atoms with E-state index in [0.29, 0.717) is 11.6 Å². The normalized spacial score (nSPS) is 15.7. The zero-order chi connectivity index (χ0) is 18.4. The molecule has 3 aromatic rings. The molecule has 2 aliphatic carbocycles. The van der Waals surface area contributed by atoms with Gasteiger partial charge in [0, 0.05) is 18.2 Å². The van der Waals surface area contributed by atoms with Gasteiger partial charge >= 0.3 is 0 Å². The number of hydrogen-bond acceptors (Lipinski definition) is 3. The summed E-state index contributed by atoms with van der Waals surface area (Å²) in [6.45, 7) is 1.86. The van der Waals surface area contributed by atoms with Gasteiger partial charge in [0.05, 0.1) is 0 Å². The zero-order valence-electron chi connectivity index (χ0n) is 15.6. The Kier molecular flexibility index (Phi) is 3.82. The van der Waals surface area contributed by atoms with Crippen LogP contribution in [0.2, 0.25) is 0 Å². The number of benzene rings is 2. The molecule has 5 rings (SSSR count). The smallest absolute Gasteiger partial charge is 0.130 e. The minimum Gasteiger partial charge on any atom is -0.383 e. The molecule has 134 valence electrons. The van der Waals surface area contributed by atoms with E-state index >= 15 is 0 Å². The summed E-state index contributed by atoms with van der Waals surface area (Å²) in [4.78, 5) is 8.58. The molecule has 3 nitrogen and oxygen atoms in total. The van der Waals surface area contributed by atoms with Crippen molar-refractivity contribution in [1.82, 2.24) is 9.97 Å². The molecule has 0 aliphatic heterocycles. The second kappa shape index (κ2) is 6.34. The highest BCUT2D eigenvalue weighted by Gasteiger charge is 2.20. The Labute approximate surface area is 159 Å². The molecule has 1 aromatic heterocycles. The van der Waals surface area contributed by atoms with Gasteiger partial charge in [0.25, 0.3) is 0 Å². The minimum atomic E-state index is 0.580. The molecule has 3 heteroatoms. The van der Waals surface area contributed by atoms with Gasteiger partial charge in [-0.05, 0) is 65.6 Å². The lowest BCUT2D eigenvalue weighted by Gasteiger charge is -2.25. The van der Waals surface area contributed by atoms with Gasteiger partial charge in [0.15, 0.2) is 0 Å². The summed E-state index contributed by atoms with van der Waals surface area (Å²) >= 11 is 0. The number of anilines is 1. The molecular weight excluding hydrogens is 330 g/mol. The van der Waals surface area contributed by atoms with Gasteiger partial charge in [-0.2, -0.15) is 0 Å². The Morgan fingerprint density at radius 1 is 1.07 bits per heavy atom. The van der Waals surface area contributed by atoms with Crippen LogP contribution in [-0.4, -0.2) is 9.97 Å². The maximum absolute atomic E-state index is 6.07. The average Bonchev–Trinajstić information content (AvgIpc) is 2.69. The molecule has 1 heterocycles. The van der Waals surface area contributed by atoms with Gasteiger partial charge in [-0.15, -0.1) is 0 Å². The lowest BCUT2D eigenvalue weighted by molar-refractivity contribution is 0.831. The van der Waals surface area contributed by atoms with Gasteiger partial charge in [0.2, 0.25) is 0 Å². The van der Waals surface area contributed by atoms with Gasteiger partial charge in [-0.1, -0.05) is 48.1 Å². The molecule has 0 radical (unpaired) electrons. The third-order valence-electron chi connectivity index (χ3n) is 5.85. The van der Waals surface area contributed by atoms with E-state index in [-0.39, 0.29) is 0 Å². The third-order valence-corrected chi connectivity index (χ3v) is 5.85. The number of aromatic nitrogens is 2. The maximum Gasteiger partial charge on any atom is 0.130 e. The molecule has 2 N–H and O–H groups in total. The highest BCUT2D eigenvalue weighted by atomic mass is 14.9. The molecule has 2 aliphatic rings. The Hall–Kier alpha value is -2.94. The fraction of sp³-hybridized carbons (Fsp3) is 0.250. The van der Waals surface area contributed by atoms with E-state index in [2.05, 4.69) is 52.5 Å². The molecule has 0 atom stereocenters. The SMILES string of the molecule is Cc1ncc(Cc2ccc3c4c(ccc3c2)C2=C(CCC=C2)CC4)c(N)n1. The number of nitrogen functional groups attached to an aromatic ring is 1. The molecule has 0 spiro atoms. The van der Waals surface area contributed by atoms with Crippen molar-refractivity contribution < 1.29 is 0 Å². The fourth-order valence-electron chi connectivity index (χ4n) is 4.47. The summed E-state index contributed by atoms with van der Waals surface area (Å²) in [5, 5.41) is 2.69. The van der Waals surface area contributed by atoms with E-state index in [9.17, 15) is 0 Å². The Balaban J connectivity index is 1.54. The molecule has 27 heavy (non-hydrogen) atoms. The van der Waals surface area contributed by atoms with Crippen molar-refractivity contribution >= 4 is 22.2 Å². The number of aryl methyl sites for hydroxylation is 2. The van der Waals surface area contributed by atoms with Crippen molar-refractivity contribution in [2.24, 2.45) is 0 Å². The van der Waals surface area contributed by atoms with Crippen LogP contribution in [0.4, 0.5) is 5.82 Å². The Morgan fingerprint density at radius 3 is 2.89 bits per heavy atom. The topological polar surface area (TPSA) is 51.8 Å². The van der Waals surface area contributed by atoms with Crippen LogP contribution < -0.4 is 5.73 Å². The summed E-state index contributed by atoms with van der Waals surface area (Å²) in [5.41, 5.74) is 14.3. The van der Waals surface area contributed by atoms with Crippen LogP contribution in [0.1, 0.15) is 47.3 Å². The summed E-state index contributed by atoms with van der Waals surface area (Å²) in [6.07, 6.45) is 12.0. The fourth-order valence-corrected chi connectivity index (χ4v) is 4.47. The highest BCUT2D eigenvalue weighted by Crippen LogP contribution is 2.40. The first-order valence-electron chi connectivity index (χ1n) is 9.70. The van der Waals surface area contributed by atoms with E-state index < -0.39 is 0 Å². The number of fused-ring (bicyclic) bond motifs is 4. The molecular formula is C24H23N3. The van der Waals surface area contributed by atoms with Gasteiger partial charge in [0.1, 0.15) is 11.6 Å². The number of nitrogens with zero attached hydrogens (tertiary/aromatic N) is 2. The van der Waals surface area contributed by atoms with Crippen molar-refractivity contribution in [3.63, 3.8) is 0 Å². The van der Waals surface area contributed by atoms with E-state index in [1.807, 2.05) is 13.1 Å². The number of allylic oxidation sites excluding steroid dienone is 4. The minimum absolute atomic E-state index is 0.580. The van der Waals surface area contributed by atoms with E-state index in [0.717, 1.165) is 18.4 Å². The molecule has 0 unspecified atom stereocenters. The first-order chi connectivity index (χ1) is 13.2. The van der Waals surface area contributed by atoms with Gasteiger partial charge in [-0.3, -0.25) is 0 Å². The number of nitrogens with two attached hydrogens (primary N) is 1. The lowest BCUT2D eigenvalue weighted by atomic mass is 9.79. The Morgan fingerprint density at radius 2 is 2.00 bits per heavy atom. The first-order valence-corrected chi connectivity index (χ1v) is 9.70. The van der Waals surface area contributed by atoms with Crippen LogP contribution in [-0.2, 0) is 12.8 Å². The van der Waals surface area contributed by atoms with Gasteiger partial charge in [-0.25, -0.2) is 9.97 Å². The van der Waals surface area contributed by atoms with Crippen LogP contribution in [0.5, 0.6) is 0 Å². The predicted molar refractivity (Wildman–Crippen MR) is 112 cm³/mol. The number of hydrogen-bond donors (Lipinski definition) is 1. The quantitative estimate of drug-likeness (QED) is 0.692. The third kappa shape index (κ3) is 2.84. The predicted octanol–water partition coefficient (Wildman–Crippen LogP) is 5.16. The Bertz CT molecular complexity index is 1120. The summed E-state index contributed by atoms with van der Waals surface area (Å²) in [7, 11) is 0. The van der Waals surface area contributed by atoms with Crippen molar-refractivity contribution in [1.29, 1.82) is 0 Å². The van der Waals surface area contributed by atoms with Crippen molar-refractivity contribution in [3.8, 4) is 0 Å². The zero-order valence-corrected chi connectivity index (χ0v) is 15.6.